The topological polar surface area (TPSA) is 62.4 Å². The lowest BCUT2D eigenvalue weighted by molar-refractivity contribution is -0.120. The summed E-state index contributed by atoms with van der Waals surface area (Å²) >= 11 is 5.16. The van der Waals surface area contributed by atoms with E-state index in [0.717, 1.165) is 0 Å². The summed E-state index contributed by atoms with van der Waals surface area (Å²) in [6.45, 7) is 1.26. The van der Waals surface area contributed by atoms with Crippen molar-refractivity contribution in [3.63, 3.8) is 0 Å². The SMILES string of the molecule is COCCNC(=O)CNC(=S)NC1CCCCC1. The molecule has 1 amide bonds. The van der Waals surface area contributed by atoms with Crippen LogP contribution in [-0.4, -0.2) is 43.9 Å². The van der Waals surface area contributed by atoms with Crippen LogP contribution in [0.3, 0.4) is 0 Å². The Morgan fingerprint density at radius 1 is 1.28 bits per heavy atom. The van der Waals surface area contributed by atoms with Gasteiger partial charge in [-0.05, 0) is 25.1 Å². The molecule has 1 rings (SSSR count). The van der Waals surface area contributed by atoms with E-state index in [1.165, 1.54) is 32.1 Å². The first-order valence-corrected chi connectivity index (χ1v) is 6.93. The van der Waals surface area contributed by atoms with Gasteiger partial charge < -0.3 is 20.7 Å². The zero-order chi connectivity index (χ0) is 13.2. The number of hydrogen-bond donors (Lipinski definition) is 3. The quantitative estimate of drug-likeness (QED) is 0.487. The van der Waals surface area contributed by atoms with Crippen LogP contribution in [-0.2, 0) is 9.53 Å². The molecule has 1 saturated carbocycles. The molecule has 0 aromatic heterocycles. The number of nitrogens with one attached hydrogen (secondary N) is 3. The van der Waals surface area contributed by atoms with Crippen LogP contribution in [0.2, 0.25) is 0 Å². The lowest BCUT2D eigenvalue weighted by atomic mass is 9.96. The van der Waals surface area contributed by atoms with Gasteiger partial charge in [0.05, 0.1) is 13.2 Å². The second-order valence-electron chi connectivity index (χ2n) is 4.50. The third kappa shape index (κ3) is 6.76. The van der Waals surface area contributed by atoms with Crippen molar-refractivity contribution in [2.45, 2.75) is 38.1 Å². The highest BCUT2D eigenvalue weighted by atomic mass is 32.1. The smallest absolute Gasteiger partial charge is 0.239 e. The first kappa shape index (κ1) is 15.2. The van der Waals surface area contributed by atoms with Crippen LogP contribution in [0, 0.1) is 0 Å². The van der Waals surface area contributed by atoms with Crippen molar-refractivity contribution in [3.8, 4) is 0 Å². The Labute approximate surface area is 114 Å². The van der Waals surface area contributed by atoms with Crippen LogP contribution in [0.25, 0.3) is 0 Å². The fraction of sp³-hybridized carbons (Fsp3) is 0.833. The molecule has 5 nitrogen and oxygen atoms in total. The van der Waals surface area contributed by atoms with E-state index < -0.39 is 0 Å². The van der Waals surface area contributed by atoms with Gasteiger partial charge in [-0.1, -0.05) is 19.3 Å². The van der Waals surface area contributed by atoms with Gasteiger partial charge in [-0.25, -0.2) is 0 Å². The summed E-state index contributed by atoms with van der Waals surface area (Å²) in [5.74, 6) is -0.0696. The maximum absolute atomic E-state index is 11.4. The summed E-state index contributed by atoms with van der Waals surface area (Å²) in [5.41, 5.74) is 0. The number of methoxy groups -OCH3 is 1. The molecule has 0 unspecified atom stereocenters. The summed E-state index contributed by atoms with van der Waals surface area (Å²) in [6, 6.07) is 0.468. The number of hydrogen-bond acceptors (Lipinski definition) is 3. The van der Waals surface area contributed by atoms with Gasteiger partial charge in [0.1, 0.15) is 0 Å². The fourth-order valence-corrected chi connectivity index (χ4v) is 2.24. The van der Waals surface area contributed by atoms with E-state index in [1.807, 2.05) is 0 Å². The molecule has 0 aromatic rings. The van der Waals surface area contributed by atoms with Crippen molar-refractivity contribution in [2.24, 2.45) is 0 Å². The normalized spacial score (nSPS) is 16.1. The van der Waals surface area contributed by atoms with Crippen molar-refractivity contribution in [2.75, 3.05) is 26.8 Å². The Morgan fingerprint density at radius 3 is 2.67 bits per heavy atom. The van der Waals surface area contributed by atoms with Gasteiger partial charge in [-0.2, -0.15) is 0 Å². The van der Waals surface area contributed by atoms with E-state index in [9.17, 15) is 4.79 Å². The summed E-state index contributed by atoms with van der Waals surface area (Å²) in [5, 5.41) is 9.48. The summed E-state index contributed by atoms with van der Waals surface area (Å²) in [6.07, 6.45) is 6.18. The molecule has 6 heteroatoms. The number of rotatable bonds is 6. The van der Waals surface area contributed by atoms with Crippen LogP contribution in [0.1, 0.15) is 32.1 Å². The third-order valence-electron chi connectivity index (χ3n) is 2.98. The molecule has 0 atom stereocenters. The highest BCUT2D eigenvalue weighted by molar-refractivity contribution is 7.80. The van der Waals surface area contributed by atoms with E-state index in [-0.39, 0.29) is 12.5 Å². The maximum Gasteiger partial charge on any atom is 0.239 e. The lowest BCUT2D eigenvalue weighted by Gasteiger charge is -2.24. The van der Waals surface area contributed by atoms with Crippen LogP contribution in [0.4, 0.5) is 0 Å². The molecule has 3 N–H and O–H groups in total. The molecule has 1 aliphatic rings. The first-order chi connectivity index (χ1) is 8.72. The van der Waals surface area contributed by atoms with Gasteiger partial charge in [-0.15, -0.1) is 0 Å². The third-order valence-corrected chi connectivity index (χ3v) is 3.24. The highest BCUT2D eigenvalue weighted by Crippen LogP contribution is 2.16. The van der Waals surface area contributed by atoms with Crippen molar-refractivity contribution in [1.29, 1.82) is 0 Å². The largest absolute Gasteiger partial charge is 0.383 e. The van der Waals surface area contributed by atoms with Crippen LogP contribution in [0.5, 0.6) is 0 Å². The molecule has 0 radical (unpaired) electrons. The van der Waals surface area contributed by atoms with Gasteiger partial charge >= 0.3 is 0 Å². The predicted octanol–water partition coefficient (Wildman–Crippen LogP) is 0.546. The Morgan fingerprint density at radius 2 is 2.00 bits per heavy atom. The van der Waals surface area contributed by atoms with Crippen molar-refractivity contribution >= 4 is 23.2 Å². The van der Waals surface area contributed by atoms with Crippen molar-refractivity contribution in [3.05, 3.63) is 0 Å². The van der Waals surface area contributed by atoms with Crippen LogP contribution in [0.15, 0.2) is 0 Å². The minimum absolute atomic E-state index is 0.0696. The highest BCUT2D eigenvalue weighted by Gasteiger charge is 2.13. The molecule has 0 spiro atoms. The second-order valence-corrected chi connectivity index (χ2v) is 4.91. The van der Waals surface area contributed by atoms with Crippen LogP contribution >= 0.6 is 12.2 Å². The molecule has 1 aliphatic carbocycles. The van der Waals surface area contributed by atoms with Gasteiger partial charge in [-0.3, -0.25) is 4.79 Å². The summed E-state index contributed by atoms with van der Waals surface area (Å²) < 4.78 is 4.85. The zero-order valence-electron chi connectivity index (χ0n) is 11.0. The Balaban J connectivity index is 2.06. The van der Waals surface area contributed by atoms with Crippen molar-refractivity contribution < 1.29 is 9.53 Å². The second kappa shape index (κ2) is 9.10. The molecule has 104 valence electrons. The number of carbonyl (C=O) groups is 1. The average Bonchev–Trinajstić information content (AvgIpc) is 2.38. The standard InChI is InChI=1S/C12H23N3O2S/c1-17-8-7-13-11(16)9-14-12(18)15-10-5-3-2-4-6-10/h10H,2-9H2,1H3,(H,13,16)(H2,14,15,18). The molecule has 0 saturated heterocycles. The van der Waals surface area contributed by atoms with Gasteiger partial charge in [0.2, 0.25) is 5.91 Å². The monoisotopic (exact) mass is 273 g/mol. The lowest BCUT2D eigenvalue weighted by Crippen LogP contribution is -2.46. The van der Waals surface area contributed by atoms with Gasteiger partial charge in [0.25, 0.3) is 0 Å². The minimum Gasteiger partial charge on any atom is -0.383 e. The number of ether oxygens (including phenoxy) is 1. The molecular formula is C12H23N3O2S. The molecule has 0 bridgehead atoms. The fourth-order valence-electron chi connectivity index (χ4n) is 2.00. The van der Waals surface area contributed by atoms with Crippen molar-refractivity contribution in [1.82, 2.24) is 16.0 Å². The Hall–Kier alpha value is -0.880. The number of amides is 1. The summed E-state index contributed by atoms with van der Waals surface area (Å²) in [4.78, 5) is 11.4. The van der Waals surface area contributed by atoms with E-state index >= 15 is 0 Å². The summed E-state index contributed by atoms with van der Waals surface area (Å²) in [7, 11) is 1.60. The van der Waals surface area contributed by atoms with E-state index in [0.29, 0.717) is 24.3 Å². The predicted molar refractivity (Wildman–Crippen MR) is 75.5 cm³/mol. The van der Waals surface area contributed by atoms with E-state index in [2.05, 4.69) is 16.0 Å². The maximum atomic E-state index is 11.4. The molecule has 0 aromatic carbocycles. The Kier molecular flexibility index (Phi) is 7.68. The van der Waals surface area contributed by atoms with E-state index in [4.69, 9.17) is 17.0 Å². The zero-order valence-corrected chi connectivity index (χ0v) is 11.8. The van der Waals surface area contributed by atoms with Crippen LogP contribution < -0.4 is 16.0 Å². The molecule has 1 fully saturated rings. The number of carbonyl (C=O) groups excluding carboxylic acids is 1. The molecule has 0 aliphatic heterocycles. The molecular weight excluding hydrogens is 250 g/mol. The molecule has 0 heterocycles. The first-order valence-electron chi connectivity index (χ1n) is 6.52. The average molecular weight is 273 g/mol. The van der Waals surface area contributed by atoms with E-state index in [1.54, 1.807) is 7.11 Å². The number of thiocarbonyl (C=S) groups is 1. The van der Waals surface area contributed by atoms with Gasteiger partial charge in [0.15, 0.2) is 5.11 Å². The molecule has 18 heavy (non-hydrogen) atoms. The Bertz CT molecular complexity index is 268. The van der Waals surface area contributed by atoms with Gasteiger partial charge in [0, 0.05) is 19.7 Å². The minimum atomic E-state index is -0.0696.